The topological polar surface area (TPSA) is 70.2 Å². The summed E-state index contributed by atoms with van der Waals surface area (Å²) in [7, 11) is 1.61. The zero-order valence-electron chi connectivity index (χ0n) is 11.8. The number of ether oxygens (including phenoxy) is 1. The van der Waals surface area contributed by atoms with E-state index in [0.29, 0.717) is 0 Å². The normalized spacial score (nSPS) is 10.4. The molecule has 6 heteroatoms. The highest BCUT2D eigenvalue weighted by Crippen LogP contribution is 2.25. The van der Waals surface area contributed by atoms with Crippen molar-refractivity contribution < 1.29 is 9.66 Å². The van der Waals surface area contributed by atoms with Crippen LogP contribution in [0.15, 0.2) is 60.8 Å². The maximum atomic E-state index is 10.7. The smallest absolute Gasteiger partial charge is 0.269 e. The second-order valence-electron chi connectivity index (χ2n) is 4.62. The van der Waals surface area contributed by atoms with E-state index in [1.807, 2.05) is 36.5 Å². The number of para-hydroxylation sites is 2. The molecule has 0 bridgehead atoms. The van der Waals surface area contributed by atoms with Gasteiger partial charge in [-0.05, 0) is 30.3 Å². The molecule has 0 saturated carbocycles. The fourth-order valence-electron chi connectivity index (χ4n) is 2.19. The molecule has 2 aromatic carbocycles. The largest absolute Gasteiger partial charge is 0.494 e. The Kier molecular flexibility index (Phi) is 3.57. The van der Waals surface area contributed by atoms with Gasteiger partial charge in [-0.2, -0.15) is 5.10 Å². The van der Waals surface area contributed by atoms with Gasteiger partial charge in [0.05, 0.1) is 17.7 Å². The van der Waals surface area contributed by atoms with E-state index < -0.39 is 4.92 Å². The minimum absolute atomic E-state index is 0.0629. The number of nitrogens with zero attached hydrogens (tertiary/aromatic N) is 3. The molecule has 0 aliphatic rings. The zero-order valence-corrected chi connectivity index (χ0v) is 11.8. The Balaban J connectivity index is 1.95. The highest BCUT2D eigenvalue weighted by Gasteiger charge is 2.09. The fourth-order valence-corrected chi connectivity index (χ4v) is 2.19. The van der Waals surface area contributed by atoms with Crippen LogP contribution in [0.2, 0.25) is 0 Å². The van der Waals surface area contributed by atoms with Crippen LogP contribution in [0.3, 0.4) is 0 Å². The quantitative estimate of drug-likeness (QED) is 0.546. The van der Waals surface area contributed by atoms with Gasteiger partial charge >= 0.3 is 0 Å². The molecule has 3 rings (SSSR count). The molecule has 0 aliphatic heterocycles. The number of hydrogen-bond donors (Lipinski definition) is 0. The van der Waals surface area contributed by atoms with Crippen LogP contribution in [0.5, 0.6) is 5.75 Å². The van der Waals surface area contributed by atoms with Gasteiger partial charge in [-0.15, -0.1) is 0 Å². The third-order valence-corrected chi connectivity index (χ3v) is 3.29. The number of rotatable bonds is 4. The average Bonchev–Trinajstić information content (AvgIpc) is 3.04. The molecule has 0 fully saturated rings. The molecule has 0 radical (unpaired) electrons. The summed E-state index contributed by atoms with van der Waals surface area (Å²) in [5, 5.41) is 15.2. The van der Waals surface area contributed by atoms with E-state index in [2.05, 4.69) is 5.10 Å². The van der Waals surface area contributed by atoms with Crippen molar-refractivity contribution in [2.75, 3.05) is 7.11 Å². The Hall–Kier alpha value is -3.15. The number of aromatic nitrogens is 2. The minimum atomic E-state index is -0.419. The van der Waals surface area contributed by atoms with Gasteiger partial charge in [0.1, 0.15) is 11.4 Å². The number of nitro benzene ring substituents is 1. The lowest BCUT2D eigenvalue weighted by Gasteiger charge is -2.07. The zero-order chi connectivity index (χ0) is 15.5. The van der Waals surface area contributed by atoms with Crippen LogP contribution in [-0.2, 0) is 0 Å². The monoisotopic (exact) mass is 295 g/mol. The third kappa shape index (κ3) is 2.54. The van der Waals surface area contributed by atoms with Crippen LogP contribution in [-0.4, -0.2) is 21.8 Å². The van der Waals surface area contributed by atoms with Gasteiger partial charge in [-0.25, -0.2) is 4.68 Å². The van der Waals surface area contributed by atoms with Crippen molar-refractivity contribution in [2.24, 2.45) is 0 Å². The molecule has 1 heterocycles. The van der Waals surface area contributed by atoms with E-state index in [1.165, 1.54) is 12.1 Å². The van der Waals surface area contributed by atoms with Crippen LogP contribution in [0.4, 0.5) is 5.69 Å². The number of methoxy groups -OCH3 is 1. The van der Waals surface area contributed by atoms with Crippen molar-refractivity contribution in [3.05, 3.63) is 70.9 Å². The molecule has 0 unspecified atom stereocenters. The van der Waals surface area contributed by atoms with Crippen LogP contribution < -0.4 is 4.74 Å². The average molecular weight is 295 g/mol. The third-order valence-electron chi connectivity index (χ3n) is 3.29. The summed E-state index contributed by atoms with van der Waals surface area (Å²) in [4.78, 5) is 10.3. The van der Waals surface area contributed by atoms with E-state index in [-0.39, 0.29) is 5.69 Å². The molecule has 0 N–H and O–H groups in total. The molecule has 0 atom stereocenters. The Labute approximate surface area is 126 Å². The highest BCUT2D eigenvalue weighted by atomic mass is 16.6. The van der Waals surface area contributed by atoms with Crippen molar-refractivity contribution in [1.29, 1.82) is 0 Å². The molecule has 0 aliphatic carbocycles. The van der Waals surface area contributed by atoms with E-state index in [4.69, 9.17) is 4.74 Å². The first kappa shape index (κ1) is 13.8. The Bertz CT molecular complexity index is 810. The second-order valence-corrected chi connectivity index (χ2v) is 4.62. The van der Waals surface area contributed by atoms with Gasteiger partial charge in [0, 0.05) is 23.9 Å². The number of nitro groups is 1. The molecule has 3 aromatic rings. The van der Waals surface area contributed by atoms with E-state index in [9.17, 15) is 10.1 Å². The summed E-state index contributed by atoms with van der Waals surface area (Å²) in [5.41, 5.74) is 2.45. The lowest BCUT2D eigenvalue weighted by Crippen LogP contribution is -1.98. The number of hydrogen-bond acceptors (Lipinski definition) is 4. The molecule has 22 heavy (non-hydrogen) atoms. The first-order valence-corrected chi connectivity index (χ1v) is 6.63. The first-order valence-electron chi connectivity index (χ1n) is 6.63. The van der Waals surface area contributed by atoms with Gasteiger partial charge in [-0.3, -0.25) is 10.1 Å². The van der Waals surface area contributed by atoms with Gasteiger partial charge in [0.25, 0.3) is 5.69 Å². The van der Waals surface area contributed by atoms with Crippen molar-refractivity contribution in [3.63, 3.8) is 0 Å². The van der Waals surface area contributed by atoms with Gasteiger partial charge < -0.3 is 4.74 Å². The number of non-ortho nitro benzene ring substituents is 1. The maximum Gasteiger partial charge on any atom is 0.269 e. The highest BCUT2D eigenvalue weighted by molar-refractivity contribution is 5.61. The molecule has 0 spiro atoms. The van der Waals surface area contributed by atoms with Gasteiger partial charge in [0.2, 0.25) is 0 Å². The lowest BCUT2D eigenvalue weighted by atomic mass is 10.1. The van der Waals surface area contributed by atoms with Gasteiger partial charge in [-0.1, -0.05) is 12.1 Å². The van der Waals surface area contributed by atoms with E-state index in [1.54, 1.807) is 23.9 Å². The fraction of sp³-hybridized carbons (Fsp3) is 0.0625. The van der Waals surface area contributed by atoms with Crippen molar-refractivity contribution >= 4 is 5.69 Å². The molecular weight excluding hydrogens is 282 g/mol. The Morgan fingerprint density at radius 1 is 1.09 bits per heavy atom. The summed E-state index contributed by atoms with van der Waals surface area (Å²) in [5.74, 6) is 0.723. The van der Waals surface area contributed by atoms with Crippen LogP contribution >= 0.6 is 0 Å². The van der Waals surface area contributed by atoms with Crippen LogP contribution in [0, 0.1) is 10.1 Å². The van der Waals surface area contributed by atoms with Crippen LogP contribution in [0.25, 0.3) is 16.9 Å². The molecule has 6 nitrogen and oxygen atoms in total. The molecule has 1 aromatic heterocycles. The van der Waals surface area contributed by atoms with E-state index >= 15 is 0 Å². The van der Waals surface area contributed by atoms with Gasteiger partial charge in [0.15, 0.2) is 0 Å². The maximum absolute atomic E-state index is 10.7. The van der Waals surface area contributed by atoms with Crippen molar-refractivity contribution in [1.82, 2.24) is 9.78 Å². The number of benzene rings is 2. The summed E-state index contributed by atoms with van der Waals surface area (Å²) in [6.07, 6.45) is 1.83. The standard InChI is InChI=1S/C16H13N3O3/c1-22-16-5-3-2-4-15(16)18-11-10-14(17-18)12-6-8-13(9-7-12)19(20)21/h2-11H,1H3. The van der Waals surface area contributed by atoms with Crippen molar-refractivity contribution in [3.8, 4) is 22.7 Å². The van der Waals surface area contributed by atoms with E-state index in [0.717, 1.165) is 22.7 Å². The Morgan fingerprint density at radius 3 is 2.50 bits per heavy atom. The summed E-state index contributed by atoms with van der Waals surface area (Å²) in [6.45, 7) is 0. The predicted octanol–water partition coefficient (Wildman–Crippen LogP) is 3.46. The predicted molar refractivity (Wildman–Crippen MR) is 82.2 cm³/mol. The molecule has 0 amide bonds. The summed E-state index contributed by atoms with van der Waals surface area (Å²) >= 11 is 0. The first-order chi connectivity index (χ1) is 10.7. The Morgan fingerprint density at radius 2 is 1.82 bits per heavy atom. The summed E-state index contributed by atoms with van der Waals surface area (Å²) in [6, 6.07) is 15.7. The minimum Gasteiger partial charge on any atom is -0.494 e. The van der Waals surface area contributed by atoms with Crippen molar-refractivity contribution in [2.45, 2.75) is 0 Å². The molecular formula is C16H13N3O3. The van der Waals surface area contributed by atoms with Crippen LogP contribution in [0.1, 0.15) is 0 Å². The molecule has 110 valence electrons. The lowest BCUT2D eigenvalue weighted by molar-refractivity contribution is -0.384. The summed E-state index contributed by atoms with van der Waals surface area (Å²) < 4.78 is 7.04. The second kappa shape index (κ2) is 5.69. The molecule has 0 saturated heterocycles. The SMILES string of the molecule is COc1ccccc1-n1ccc(-c2ccc([N+](=O)[O-])cc2)n1.